The molecule has 1 N–H and O–H groups in total. The van der Waals surface area contributed by atoms with Gasteiger partial charge >= 0.3 is 12.0 Å². The summed E-state index contributed by atoms with van der Waals surface area (Å²) >= 11 is 1.49. The van der Waals surface area contributed by atoms with Gasteiger partial charge in [0.05, 0.1) is 0 Å². The lowest BCUT2D eigenvalue weighted by Crippen LogP contribution is -2.13. The molecule has 6 heavy (non-hydrogen) atoms. The van der Waals surface area contributed by atoms with Crippen LogP contribution in [0.3, 0.4) is 0 Å². The van der Waals surface area contributed by atoms with E-state index in [0.717, 1.165) is 0 Å². The average Bonchev–Trinajstić information content (AvgIpc) is 1.35. The van der Waals surface area contributed by atoms with Crippen LogP contribution >= 0.6 is 22.6 Å². The Labute approximate surface area is 50.0 Å². The van der Waals surface area contributed by atoms with E-state index in [4.69, 9.17) is 0 Å². The third-order valence-corrected chi connectivity index (χ3v) is 0.359. The lowest BCUT2D eigenvalue weighted by molar-refractivity contribution is 0.211. The lowest BCUT2D eigenvalue weighted by atomic mass is 10.6. The molecule has 0 aliphatic carbocycles. The second kappa shape index (κ2) is 3.42. The fourth-order valence-electron chi connectivity index (χ4n) is 0.0463. The molecule has 32 valence electrons. The molecule has 0 bridgehead atoms. The number of amides is 1. The van der Waals surface area contributed by atoms with Crippen LogP contribution in [-0.2, 0) is 4.76 Å². The van der Waals surface area contributed by atoms with Crippen molar-refractivity contribution in [2.45, 2.75) is 0 Å². The normalized spacial score (nSPS) is 7.50. The molecule has 0 aromatic rings. The van der Waals surface area contributed by atoms with Crippen molar-refractivity contribution in [3.8, 4) is 0 Å². The molecule has 0 aromatic heterocycles. The van der Waals surface area contributed by atoms with Crippen LogP contribution in [0.1, 0.15) is 0 Å². The van der Waals surface area contributed by atoms with Crippen molar-refractivity contribution in [1.82, 2.24) is 5.48 Å². The van der Waals surface area contributed by atoms with Gasteiger partial charge in [-0.2, -0.15) is 0 Å². The monoisotopic (exact) mass is 197 g/mol. The molecule has 0 aliphatic heterocycles. The van der Waals surface area contributed by atoms with E-state index in [1.807, 2.05) is 5.48 Å². The summed E-state index contributed by atoms with van der Waals surface area (Å²) in [6.07, 6.45) is 0. The van der Waals surface area contributed by atoms with Crippen molar-refractivity contribution >= 4 is 34.6 Å². The average molecular weight is 197 g/mol. The van der Waals surface area contributed by atoms with E-state index >= 15 is 0 Å². The molecule has 0 aromatic carbocycles. The summed E-state index contributed by atoms with van der Waals surface area (Å²) in [7, 11) is 4.39. The van der Waals surface area contributed by atoms with Gasteiger partial charge < -0.3 is 4.76 Å². The molecule has 0 spiro atoms. The molecule has 0 aliphatic rings. The summed E-state index contributed by atoms with van der Waals surface area (Å²) in [6.45, 7) is 0. The van der Waals surface area contributed by atoms with Crippen molar-refractivity contribution in [1.29, 1.82) is 0 Å². The number of halogens is 1. The number of nitrogens with one attached hydrogen (secondary N) is 1. The van der Waals surface area contributed by atoms with E-state index < -0.39 is 0 Å². The minimum absolute atomic E-state index is 0.338. The zero-order valence-electron chi connectivity index (χ0n) is 2.77. The number of carbonyl (C=O) groups excluding carboxylic acids is 1. The first kappa shape index (κ1) is 6.22. The van der Waals surface area contributed by atoms with Gasteiger partial charge in [0.2, 0.25) is 0 Å². The summed E-state index contributed by atoms with van der Waals surface area (Å²) in [6, 6.07) is 0. The van der Waals surface area contributed by atoms with Gasteiger partial charge in [-0.3, -0.25) is 4.79 Å². The zero-order valence-corrected chi connectivity index (χ0v) is 4.93. The second-order valence-corrected chi connectivity index (χ2v) is 1.47. The van der Waals surface area contributed by atoms with Crippen LogP contribution in [0.15, 0.2) is 0 Å². The maximum absolute atomic E-state index is 9.71. The van der Waals surface area contributed by atoms with Crippen molar-refractivity contribution in [2.24, 2.45) is 0 Å². The van der Waals surface area contributed by atoms with Crippen LogP contribution in [-0.4, -0.2) is 12.0 Å². The van der Waals surface area contributed by atoms with Gasteiger partial charge in [0.1, 0.15) is 0 Å². The first-order valence-corrected chi connectivity index (χ1v) is 2.16. The van der Waals surface area contributed by atoms with Crippen molar-refractivity contribution < 1.29 is 9.55 Å². The van der Waals surface area contributed by atoms with E-state index in [0.29, 0.717) is 0 Å². The standard InChI is InChI=1S/CHBINO2/c2-6-4-1(3)5/h(H,4,5). The SMILES string of the molecule is [B]ONC(=O)I. The number of carbonyl (C=O) groups is 1. The molecule has 0 fully saturated rings. The van der Waals surface area contributed by atoms with Crippen LogP contribution in [0.4, 0.5) is 4.79 Å². The summed E-state index contributed by atoms with van der Waals surface area (Å²) < 4.78 is 3.36. The number of hydrogen-bond acceptors (Lipinski definition) is 2. The smallest absolute Gasteiger partial charge is 0.326 e. The van der Waals surface area contributed by atoms with E-state index in [2.05, 4.69) is 12.8 Å². The van der Waals surface area contributed by atoms with Gasteiger partial charge in [-0.15, -0.1) is 0 Å². The summed E-state index contributed by atoms with van der Waals surface area (Å²) in [4.78, 5) is 9.71. The molecule has 1 amide bonds. The van der Waals surface area contributed by atoms with E-state index in [1.54, 1.807) is 0 Å². The van der Waals surface area contributed by atoms with E-state index in [9.17, 15) is 4.79 Å². The Morgan fingerprint density at radius 2 is 2.50 bits per heavy atom. The van der Waals surface area contributed by atoms with E-state index in [-0.39, 0.29) is 3.91 Å². The van der Waals surface area contributed by atoms with Crippen LogP contribution < -0.4 is 5.48 Å². The topological polar surface area (TPSA) is 38.3 Å². The Morgan fingerprint density at radius 3 is 2.50 bits per heavy atom. The fraction of sp³-hybridized carbons (Fsp3) is 0. The molecule has 5 heteroatoms. The predicted octanol–water partition coefficient (Wildman–Crippen LogP) is 0.146. The minimum atomic E-state index is -0.338. The summed E-state index contributed by atoms with van der Waals surface area (Å²) in [5, 5.41) is 0. The molecule has 0 atom stereocenters. The molecular weight excluding hydrogens is 196 g/mol. The van der Waals surface area contributed by atoms with Crippen molar-refractivity contribution in [3.05, 3.63) is 0 Å². The molecule has 0 heterocycles. The maximum atomic E-state index is 9.71. The fourth-order valence-corrected chi connectivity index (χ4v) is 0.173. The summed E-state index contributed by atoms with van der Waals surface area (Å²) in [5.41, 5.74) is 1.83. The highest BCUT2D eigenvalue weighted by atomic mass is 127. The van der Waals surface area contributed by atoms with Gasteiger partial charge in [0, 0.05) is 22.6 Å². The zero-order chi connectivity index (χ0) is 4.99. The highest BCUT2D eigenvalue weighted by molar-refractivity contribution is 14.1. The Kier molecular flexibility index (Phi) is 3.54. The van der Waals surface area contributed by atoms with Crippen molar-refractivity contribution in [2.75, 3.05) is 0 Å². The van der Waals surface area contributed by atoms with Crippen molar-refractivity contribution in [3.63, 3.8) is 0 Å². The first-order valence-electron chi connectivity index (χ1n) is 1.08. The number of rotatable bonds is 1. The van der Waals surface area contributed by atoms with Gasteiger partial charge in [-0.25, -0.2) is 5.48 Å². The predicted molar refractivity (Wildman–Crippen MR) is 29.4 cm³/mol. The van der Waals surface area contributed by atoms with Gasteiger partial charge in [0.15, 0.2) is 0 Å². The van der Waals surface area contributed by atoms with Crippen LogP contribution in [0.2, 0.25) is 0 Å². The largest absolute Gasteiger partial charge is 0.351 e. The van der Waals surface area contributed by atoms with Crippen LogP contribution in [0.25, 0.3) is 0 Å². The molecule has 0 saturated carbocycles. The van der Waals surface area contributed by atoms with Crippen LogP contribution in [0, 0.1) is 0 Å². The molecule has 0 unspecified atom stereocenters. The maximum Gasteiger partial charge on any atom is 0.326 e. The number of hydrogen-bond donors (Lipinski definition) is 1. The molecule has 3 nitrogen and oxygen atoms in total. The summed E-state index contributed by atoms with van der Waals surface area (Å²) in [5.74, 6) is 0. The molecule has 2 radical (unpaired) electrons. The Bertz CT molecular complexity index is 57.5. The lowest BCUT2D eigenvalue weighted by Gasteiger charge is -1.89. The van der Waals surface area contributed by atoms with E-state index in [1.165, 1.54) is 22.6 Å². The Balaban J connectivity index is 2.83. The second-order valence-electron chi connectivity index (χ2n) is 0.494. The van der Waals surface area contributed by atoms with Gasteiger partial charge in [-0.05, 0) is 0 Å². The Morgan fingerprint density at radius 1 is 2.00 bits per heavy atom. The highest BCUT2D eigenvalue weighted by Crippen LogP contribution is 1.79. The molecular formula is CHBINO2. The molecule has 0 rings (SSSR count). The highest BCUT2D eigenvalue weighted by Gasteiger charge is 1.82. The van der Waals surface area contributed by atoms with Gasteiger partial charge in [0.25, 0.3) is 0 Å². The third-order valence-electron chi connectivity index (χ3n) is 0.139. The van der Waals surface area contributed by atoms with Gasteiger partial charge in [-0.1, -0.05) is 0 Å². The molecule has 0 saturated heterocycles. The first-order chi connectivity index (χ1) is 2.77. The Hall–Kier alpha value is 0.225. The third kappa shape index (κ3) is 4.22. The van der Waals surface area contributed by atoms with Crippen LogP contribution in [0.5, 0.6) is 0 Å². The quantitative estimate of drug-likeness (QED) is 0.213. The minimum Gasteiger partial charge on any atom is -0.351 e. The number of hydroxylamine groups is 1.